The maximum absolute atomic E-state index is 12.3. The number of aliphatic hydroxyl groups excluding tert-OH is 1. The highest BCUT2D eigenvalue weighted by molar-refractivity contribution is 5.82. The molecule has 30 heavy (non-hydrogen) atoms. The van der Waals surface area contributed by atoms with Crippen molar-refractivity contribution < 1.29 is 9.90 Å². The van der Waals surface area contributed by atoms with Gasteiger partial charge < -0.3 is 20.6 Å². The van der Waals surface area contributed by atoms with E-state index < -0.39 is 6.10 Å². The van der Waals surface area contributed by atoms with Crippen LogP contribution in [0.5, 0.6) is 0 Å². The van der Waals surface area contributed by atoms with Crippen LogP contribution in [0.2, 0.25) is 0 Å². The number of nitrogens with two attached hydrogens (primary N) is 1. The lowest BCUT2D eigenvalue weighted by Crippen LogP contribution is -2.49. The van der Waals surface area contributed by atoms with Gasteiger partial charge in [0.15, 0.2) is 0 Å². The van der Waals surface area contributed by atoms with Crippen molar-refractivity contribution in [2.45, 2.75) is 18.9 Å². The largest absolute Gasteiger partial charge is 0.387 e. The third-order valence-corrected chi connectivity index (χ3v) is 6.17. The molecule has 0 bridgehead atoms. The van der Waals surface area contributed by atoms with Crippen LogP contribution in [0.3, 0.4) is 0 Å². The Morgan fingerprint density at radius 2 is 1.93 bits per heavy atom. The fourth-order valence-electron chi connectivity index (χ4n) is 4.24. The van der Waals surface area contributed by atoms with E-state index in [0.717, 1.165) is 66.9 Å². The summed E-state index contributed by atoms with van der Waals surface area (Å²) >= 11 is 0. The molecule has 1 unspecified atom stereocenters. The molecule has 1 amide bonds. The number of amides is 1. The molecule has 1 aliphatic carbocycles. The van der Waals surface area contributed by atoms with Crippen molar-refractivity contribution in [2.75, 3.05) is 37.6 Å². The molecule has 2 aromatic heterocycles. The second kappa shape index (κ2) is 7.74. The third kappa shape index (κ3) is 3.55. The summed E-state index contributed by atoms with van der Waals surface area (Å²) in [6.45, 7) is 3.41. The zero-order valence-corrected chi connectivity index (χ0v) is 16.9. The van der Waals surface area contributed by atoms with Crippen LogP contribution in [-0.2, 0) is 4.79 Å². The van der Waals surface area contributed by atoms with Crippen molar-refractivity contribution in [1.29, 1.82) is 0 Å². The molecule has 3 heterocycles. The van der Waals surface area contributed by atoms with Gasteiger partial charge in [0.1, 0.15) is 0 Å². The van der Waals surface area contributed by atoms with Crippen molar-refractivity contribution in [1.82, 2.24) is 14.5 Å². The van der Waals surface area contributed by atoms with E-state index in [-0.39, 0.29) is 12.5 Å². The summed E-state index contributed by atoms with van der Waals surface area (Å²) in [5, 5.41) is 14.6. The van der Waals surface area contributed by atoms with Crippen molar-refractivity contribution in [2.24, 2.45) is 11.7 Å². The van der Waals surface area contributed by atoms with E-state index in [4.69, 9.17) is 5.73 Å². The lowest BCUT2D eigenvalue weighted by atomic mass is 10.0. The molecule has 7 heteroatoms. The van der Waals surface area contributed by atoms with Crippen molar-refractivity contribution in [3.63, 3.8) is 0 Å². The van der Waals surface area contributed by atoms with Crippen LogP contribution < -0.4 is 10.6 Å². The molecule has 1 saturated carbocycles. The summed E-state index contributed by atoms with van der Waals surface area (Å²) in [5.74, 6) is 0.616. The van der Waals surface area contributed by atoms with Crippen LogP contribution in [0.4, 0.5) is 5.69 Å². The molecule has 3 aromatic rings. The molecule has 1 atom stereocenters. The van der Waals surface area contributed by atoms with E-state index >= 15 is 0 Å². The van der Waals surface area contributed by atoms with E-state index in [0.29, 0.717) is 5.91 Å². The highest BCUT2D eigenvalue weighted by Gasteiger charge is 2.34. The first kappa shape index (κ1) is 19.1. The van der Waals surface area contributed by atoms with E-state index in [1.807, 2.05) is 52.1 Å². The minimum Gasteiger partial charge on any atom is -0.387 e. The van der Waals surface area contributed by atoms with E-state index in [2.05, 4.69) is 16.1 Å². The Balaban J connectivity index is 1.40. The molecular weight excluding hydrogens is 378 g/mol. The standard InChI is InChI=1S/C23H27N5O2/c24-14-22(29)18-3-1-2-17(12-18)19-13-21-20(6-7-25-28(21)15-19)26-8-10-27(11-9-26)23(30)16-4-5-16/h1-3,6-7,12-13,15-16,22,29H,4-5,8-11,14,24H2. The van der Waals surface area contributed by atoms with Gasteiger partial charge in [0.25, 0.3) is 0 Å². The van der Waals surface area contributed by atoms with Gasteiger partial charge in [0.2, 0.25) is 5.91 Å². The molecule has 2 aliphatic rings. The van der Waals surface area contributed by atoms with Crippen molar-refractivity contribution >= 4 is 17.1 Å². The molecule has 1 saturated heterocycles. The maximum Gasteiger partial charge on any atom is 0.225 e. The molecule has 0 radical (unpaired) electrons. The summed E-state index contributed by atoms with van der Waals surface area (Å²) in [5.41, 5.74) is 10.7. The summed E-state index contributed by atoms with van der Waals surface area (Å²) in [7, 11) is 0. The minimum absolute atomic E-state index is 0.197. The normalized spacial score (nSPS) is 18.1. The number of benzene rings is 1. The van der Waals surface area contributed by atoms with E-state index in [9.17, 15) is 9.90 Å². The molecule has 7 nitrogen and oxygen atoms in total. The average molecular weight is 406 g/mol. The maximum atomic E-state index is 12.3. The Morgan fingerprint density at radius 1 is 1.13 bits per heavy atom. The van der Waals surface area contributed by atoms with E-state index in [1.165, 1.54) is 0 Å². The molecule has 1 aliphatic heterocycles. The number of fused-ring (bicyclic) bond motifs is 1. The Kier molecular flexibility index (Phi) is 4.92. The first-order valence-corrected chi connectivity index (χ1v) is 10.6. The Labute approximate surface area is 175 Å². The first-order valence-electron chi connectivity index (χ1n) is 10.6. The zero-order valence-electron chi connectivity index (χ0n) is 16.9. The molecular formula is C23H27N5O2. The Hall–Kier alpha value is -2.90. The Bertz CT molecular complexity index is 1070. The number of hydrogen-bond acceptors (Lipinski definition) is 5. The highest BCUT2D eigenvalue weighted by Crippen LogP contribution is 2.33. The van der Waals surface area contributed by atoms with Gasteiger partial charge in [-0.15, -0.1) is 0 Å². The highest BCUT2D eigenvalue weighted by atomic mass is 16.3. The number of aromatic nitrogens is 2. The molecule has 2 fully saturated rings. The van der Waals surface area contributed by atoms with Crippen LogP contribution in [0, 0.1) is 5.92 Å². The SMILES string of the molecule is NCC(O)c1cccc(-c2cc3c(N4CCN(C(=O)C5CC5)CC4)ccnn3c2)c1. The van der Waals surface area contributed by atoms with Gasteiger partial charge in [-0.3, -0.25) is 4.79 Å². The number of anilines is 1. The van der Waals surface area contributed by atoms with Crippen LogP contribution in [0.1, 0.15) is 24.5 Å². The third-order valence-electron chi connectivity index (χ3n) is 6.17. The Morgan fingerprint density at radius 3 is 2.67 bits per heavy atom. The second-order valence-electron chi connectivity index (χ2n) is 8.24. The second-order valence-corrected chi connectivity index (χ2v) is 8.24. The smallest absolute Gasteiger partial charge is 0.225 e. The van der Waals surface area contributed by atoms with Crippen LogP contribution >= 0.6 is 0 Å². The van der Waals surface area contributed by atoms with Gasteiger partial charge in [0, 0.05) is 56.6 Å². The number of carbonyl (C=O) groups is 1. The number of carbonyl (C=O) groups excluding carboxylic acids is 1. The predicted octanol–water partition coefficient (Wildman–Crippen LogP) is 2.05. The minimum atomic E-state index is -0.662. The number of piperazine rings is 1. The van der Waals surface area contributed by atoms with Crippen molar-refractivity contribution in [3.05, 3.63) is 54.4 Å². The quantitative estimate of drug-likeness (QED) is 0.678. The zero-order chi connectivity index (χ0) is 20.7. The van der Waals surface area contributed by atoms with Crippen LogP contribution in [-0.4, -0.2) is 58.3 Å². The lowest BCUT2D eigenvalue weighted by molar-refractivity contribution is -0.132. The number of hydrogen-bond donors (Lipinski definition) is 2. The summed E-state index contributed by atoms with van der Waals surface area (Å²) in [4.78, 5) is 16.7. The van der Waals surface area contributed by atoms with Gasteiger partial charge in [-0.2, -0.15) is 5.10 Å². The number of rotatable bonds is 5. The van der Waals surface area contributed by atoms with Crippen molar-refractivity contribution in [3.8, 4) is 11.1 Å². The average Bonchev–Trinajstić information content (AvgIpc) is 3.56. The monoisotopic (exact) mass is 405 g/mol. The predicted molar refractivity (Wildman–Crippen MR) is 116 cm³/mol. The van der Waals surface area contributed by atoms with Gasteiger partial charge in [-0.1, -0.05) is 18.2 Å². The molecule has 156 valence electrons. The van der Waals surface area contributed by atoms with Crippen LogP contribution in [0.15, 0.2) is 48.8 Å². The number of nitrogens with zero attached hydrogens (tertiary/aromatic N) is 4. The summed E-state index contributed by atoms with van der Waals surface area (Å²) in [6, 6.07) is 12.0. The lowest BCUT2D eigenvalue weighted by Gasteiger charge is -2.36. The van der Waals surface area contributed by atoms with Gasteiger partial charge in [0.05, 0.1) is 17.3 Å². The molecule has 5 rings (SSSR count). The molecule has 1 aromatic carbocycles. The molecule has 0 spiro atoms. The van der Waals surface area contributed by atoms with Crippen LogP contribution in [0.25, 0.3) is 16.6 Å². The fraction of sp³-hybridized carbons (Fsp3) is 0.391. The molecule has 3 N–H and O–H groups in total. The van der Waals surface area contributed by atoms with Gasteiger partial charge >= 0.3 is 0 Å². The topological polar surface area (TPSA) is 87.1 Å². The van der Waals surface area contributed by atoms with Gasteiger partial charge in [-0.25, -0.2) is 4.52 Å². The van der Waals surface area contributed by atoms with Gasteiger partial charge in [-0.05, 0) is 42.2 Å². The fourth-order valence-corrected chi connectivity index (χ4v) is 4.24. The summed E-state index contributed by atoms with van der Waals surface area (Å²) in [6.07, 6.45) is 5.29. The number of aliphatic hydroxyl groups is 1. The van der Waals surface area contributed by atoms with E-state index in [1.54, 1.807) is 0 Å². The first-order chi connectivity index (χ1) is 14.6. The summed E-state index contributed by atoms with van der Waals surface area (Å²) < 4.78 is 1.90.